The molecule has 0 spiro atoms. The number of amides is 3. The van der Waals surface area contributed by atoms with Crippen LogP contribution in [0.1, 0.15) is 45.1 Å². The third kappa shape index (κ3) is 11.4. The average molecular weight is 616 g/mol. The fraction of sp³-hybridized carbons (Fsp3) is 0.500. The summed E-state index contributed by atoms with van der Waals surface area (Å²) in [5, 5.41) is 18.5. The van der Waals surface area contributed by atoms with Crippen LogP contribution in [0.4, 0.5) is 0 Å². The van der Waals surface area contributed by atoms with Crippen molar-refractivity contribution in [3.05, 3.63) is 36.0 Å². The van der Waals surface area contributed by atoms with Gasteiger partial charge in [0, 0.05) is 36.6 Å². The normalized spacial score (nSPS) is 13.7. The summed E-state index contributed by atoms with van der Waals surface area (Å²) in [4.78, 5) is 62.8. The molecule has 0 aliphatic rings. The number of rotatable bonds is 18. The minimum absolute atomic E-state index is 0.0299. The highest BCUT2D eigenvalue weighted by molar-refractivity contribution is 5.95. The number of para-hydroxylation sites is 1. The number of carbonyl (C=O) groups excluding carboxylic acids is 3. The van der Waals surface area contributed by atoms with Crippen LogP contribution in [0.15, 0.2) is 40.4 Å². The molecule has 0 saturated carbocycles. The molecule has 242 valence electrons. The van der Waals surface area contributed by atoms with Gasteiger partial charge in [-0.15, -0.1) is 0 Å². The second-order valence-electron chi connectivity index (χ2n) is 10.8. The maximum absolute atomic E-state index is 13.6. The van der Waals surface area contributed by atoms with Crippen molar-refractivity contribution in [1.82, 2.24) is 20.9 Å². The van der Waals surface area contributed by atoms with E-state index in [0.29, 0.717) is 6.42 Å². The highest BCUT2D eigenvalue weighted by Crippen LogP contribution is 2.19. The van der Waals surface area contributed by atoms with Crippen molar-refractivity contribution in [2.45, 2.75) is 70.1 Å². The number of nitrogens with zero attached hydrogens (tertiary/aromatic N) is 2. The van der Waals surface area contributed by atoms with Gasteiger partial charge < -0.3 is 54.7 Å². The van der Waals surface area contributed by atoms with Crippen molar-refractivity contribution in [3.8, 4) is 0 Å². The van der Waals surface area contributed by atoms with Crippen molar-refractivity contribution >= 4 is 46.5 Å². The highest BCUT2D eigenvalue weighted by atomic mass is 16.4. The van der Waals surface area contributed by atoms with E-state index in [1.165, 1.54) is 0 Å². The van der Waals surface area contributed by atoms with E-state index in [9.17, 15) is 24.3 Å². The molecule has 0 bridgehead atoms. The van der Waals surface area contributed by atoms with E-state index in [1.807, 2.05) is 24.3 Å². The van der Waals surface area contributed by atoms with Crippen molar-refractivity contribution in [3.63, 3.8) is 0 Å². The van der Waals surface area contributed by atoms with E-state index >= 15 is 0 Å². The molecule has 4 unspecified atom stereocenters. The van der Waals surface area contributed by atoms with Gasteiger partial charge in [0.05, 0.1) is 6.04 Å². The van der Waals surface area contributed by atoms with Crippen molar-refractivity contribution in [2.75, 3.05) is 13.1 Å². The molecule has 44 heavy (non-hydrogen) atoms. The Morgan fingerprint density at radius 1 is 0.818 bits per heavy atom. The summed E-state index contributed by atoms with van der Waals surface area (Å²) in [7, 11) is 0. The Hall–Kier alpha value is -4.86. The van der Waals surface area contributed by atoms with Crippen LogP contribution in [0.3, 0.4) is 0 Å². The van der Waals surface area contributed by atoms with Gasteiger partial charge in [0.2, 0.25) is 17.7 Å². The third-order valence-electron chi connectivity index (χ3n) is 6.89. The zero-order valence-electron chi connectivity index (χ0n) is 25.1. The number of carbonyl (C=O) groups is 4. The molecule has 2 aromatic rings. The number of nitrogens with two attached hydrogens (primary N) is 5. The molecule has 16 heteroatoms. The predicted molar refractivity (Wildman–Crippen MR) is 168 cm³/mol. The van der Waals surface area contributed by atoms with Gasteiger partial charge >= 0.3 is 5.97 Å². The SMILES string of the molecule is CC(C)C(N)C(=O)NC(CCCN=C(N)N)C(=O)NC(Cc1c[nH]c2ccccc12)C(=O)NC(CCCN=C(N)N)C(=O)O. The molecule has 15 N–H and O–H groups in total. The molecule has 3 amide bonds. The Labute approximate surface area is 255 Å². The minimum atomic E-state index is -1.27. The third-order valence-corrected chi connectivity index (χ3v) is 6.89. The van der Waals surface area contributed by atoms with Gasteiger partial charge in [-0.1, -0.05) is 32.0 Å². The van der Waals surface area contributed by atoms with Crippen molar-refractivity contribution in [2.24, 2.45) is 44.6 Å². The topological polar surface area (TPSA) is 295 Å². The summed E-state index contributed by atoms with van der Waals surface area (Å²) in [5.74, 6) is -3.60. The number of carboxylic acid groups (broad SMARTS) is 1. The first-order valence-corrected chi connectivity index (χ1v) is 14.3. The number of H-pyrrole nitrogens is 1. The first kappa shape index (κ1) is 35.3. The number of carboxylic acids is 1. The zero-order chi connectivity index (χ0) is 32.8. The first-order chi connectivity index (χ1) is 20.8. The van der Waals surface area contributed by atoms with E-state index in [1.54, 1.807) is 20.0 Å². The largest absolute Gasteiger partial charge is 0.480 e. The van der Waals surface area contributed by atoms with E-state index in [2.05, 4.69) is 30.9 Å². The molecule has 0 saturated heterocycles. The van der Waals surface area contributed by atoms with Gasteiger partial charge in [-0.05, 0) is 43.2 Å². The van der Waals surface area contributed by atoms with Crippen LogP contribution < -0.4 is 44.6 Å². The molecule has 0 radical (unpaired) electrons. The van der Waals surface area contributed by atoms with E-state index in [4.69, 9.17) is 28.7 Å². The summed E-state index contributed by atoms with van der Waals surface area (Å²) < 4.78 is 0. The molecule has 1 heterocycles. The highest BCUT2D eigenvalue weighted by Gasteiger charge is 2.31. The summed E-state index contributed by atoms with van der Waals surface area (Å²) in [5.41, 5.74) is 29.0. The van der Waals surface area contributed by atoms with Crippen LogP contribution in [0.2, 0.25) is 0 Å². The van der Waals surface area contributed by atoms with Crippen LogP contribution in [0.25, 0.3) is 10.9 Å². The molecule has 0 aliphatic carbocycles. The Kier molecular flexibility index (Phi) is 13.9. The lowest BCUT2D eigenvalue weighted by Crippen LogP contribution is -2.58. The number of aliphatic imine (C=N–C) groups is 2. The van der Waals surface area contributed by atoms with Crippen LogP contribution in [0.5, 0.6) is 0 Å². The second-order valence-corrected chi connectivity index (χ2v) is 10.8. The smallest absolute Gasteiger partial charge is 0.326 e. The van der Waals surface area contributed by atoms with Gasteiger partial charge in [-0.3, -0.25) is 24.4 Å². The average Bonchev–Trinajstić information content (AvgIpc) is 3.37. The van der Waals surface area contributed by atoms with Crippen LogP contribution in [0, 0.1) is 5.92 Å². The summed E-state index contributed by atoms with van der Waals surface area (Å²) in [6.07, 6.45) is 2.56. The van der Waals surface area contributed by atoms with E-state index in [0.717, 1.165) is 16.5 Å². The Morgan fingerprint density at radius 2 is 1.34 bits per heavy atom. The summed E-state index contributed by atoms with van der Waals surface area (Å²) in [6.45, 7) is 3.93. The van der Waals surface area contributed by atoms with Crippen LogP contribution >= 0.6 is 0 Å². The first-order valence-electron chi connectivity index (χ1n) is 14.3. The predicted octanol–water partition coefficient (Wildman–Crippen LogP) is -1.66. The maximum Gasteiger partial charge on any atom is 0.326 e. The monoisotopic (exact) mass is 615 g/mol. The molecule has 2 rings (SSSR count). The molecular formula is C28H45N11O5. The van der Waals surface area contributed by atoms with Crippen LogP contribution in [-0.2, 0) is 25.6 Å². The number of hydrogen-bond acceptors (Lipinski definition) is 7. The molecule has 4 atom stereocenters. The number of guanidine groups is 2. The number of nitrogens with one attached hydrogen (secondary N) is 4. The number of aromatic amines is 1. The number of fused-ring (bicyclic) bond motifs is 1. The summed E-state index contributed by atoms with van der Waals surface area (Å²) in [6, 6.07) is 3.01. The van der Waals surface area contributed by atoms with Gasteiger partial charge in [0.15, 0.2) is 11.9 Å². The van der Waals surface area contributed by atoms with Gasteiger partial charge in [0.25, 0.3) is 0 Å². The van der Waals surface area contributed by atoms with Gasteiger partial charge in [-0.25, -0.2) is 4.79 Å². The number of benzene rings is 1. The van der Waals surface area contributed by atoms with E-state index in [-0.39, 0.29) is 56.6 Å². The van der Waals surface area contributed by atoms with E-state index < -0.39 is 47.9 Å². The molecular weight excluding hydrogens is 570 g/mol. The Bertz CT molecular complexity index is 1330. The number of hydrogen-bond donors (Lipinski definition) is 10. The molecule has 1 aromatic carbocycles. The lowest BCUT2D eigenvalue weighted by Gasteiger charge is -2.26. The van der Waals surface area contributed by atoms with Crippen molar-refractivity contribution < 1.29 is 24.3 Å². The fourth-order valence-corrected chi connectivity index (χ4v) is 4.38. The van der Waals surface area contributed by atoms with Gasteiger partial charge in [-0.2, -0.15) is 0 Å². The Balaban J connectivity index is 2.32. The van der Waals surface area contributed by atoms with Crippen molar-refractivity contribution in [1.29, 1.82) is 0 Å². The second kappa shape index (κ2) is 17.3. The number of aliphatic carboxylic acids is 1. The molecule has 1 aromatic heterocycles. The molecule has 0 fully saturated rings. The summed E-state index contributed by atoms with van der Waals surface area (Å²) >= 11 is 0. The quantitative estimate of drug-likeness (QED) is 0.0517. The fourth-order valence-electron chi connectivity index (χ4n) is 4.38. The lowest BCUT2D eigenvalue weighted by atomic mass is 10.0. The van der Waals surface area contributed by atoms with Gasteiger partial charge in [0.1, 0.15) is 18.1 Å². The maximum atomic E-state index is 13.6. The molecule has 16 nitrogen and oxygen atoms in total. The lowest BCUT2D eigenvalue weighted by molar-refractivity contribution is -0.142. The standard InChI is InChI=1S/C28H45N11O5/c1-15(2)22(29)25(42)37-19(9-5-11-34-27(30)31)23(40)39-21(13-16-14-36-18-8-4-3-7-17(16)18)24(41)38-20(26(43)44)10-6-12-35-28(32)33/h3-4,7-8,14-15,19-22,36H,5-6,9-13,29H2,1-2H3,(H,37,42)(H,38,41)(H,39,40)(H,43,44)(H4,30,31,34)(H4,32,33,35). The zero-order valence-corrected chi connectivity index (χ0v) is 25.1. The Morgan fingerprint density at radius 3 is 1.91 bits per heavy atom. The molecule has 0 aliphatic heterocycles. The van der Waals surface area contributed by atoms with Crippen LogP contribution in [-0.4, -0.2) is 83.0 Å². The number of aromatic nitrogens is 1. The minimum Gasteiger partial charge on any atom is -0.480 e.